The molecule has 1 N–H and O–H groups in total. The zero-order valence-corrected chi connectivity index (χ0v) is 20.4. The van der Waals surface area contributed by atoms with Crippen molar-refractivity contribution in [2.45, 2.75) is 27.1 Å². The molecule has 0 unspecified atom stereocenters. The molecule has 10 heteroatoms. The van der Waals surface area contributed by atoms with Gasteiger partial charge in [0.15, 0.2) is 0 Å². The van der Waals surface area contributed by atoms with Crippen molar-refractivity contribution in [1.82, 2.24) is 4.98 Å². The Hall–Kier alpha value is -3.66. The topological polar surface area (TPSA) is 76.0 Å². The van der Waals surface area contributed by atoms with Gasteiger partial charge in [-0.05, 0) is 62.2 Å². The zero-order chi connectivity index (χ0) is 26.1. The van der Waals surface area contributed by atoms with Gasteiger partial charge in [0, 0.05) is 42.3 Å². The van der Waals surface area contributed by atoms with Crippen LogP contribution in [0.3, 0.4) is 0 Å². The molecule has 1 aromatic heterocycles. The highest BCUT2D eigenvalue weighted by atomic mass is 19.4. The highest BCUT2D eigenvalue weighted by Crippen LogP contribution is 2.34. The summed E-state index contributed by atoms with van der Waals surface area (Å²) in [5.41, 5.74) is 4.35. The number of aryl methyl sites for hydroxylation is 1. The van der Waals surface area contributed by atoms with Gasteiger partial charge >= 0.3 is 6.30 Å². The number of morpholine rings is 1. The summed E-state index contributed by atoms with van der Waals surface area (Å²) in [4.78, 5) is 21.9. The van der Waals surface area contributed by atoms with Crippen LogP contribution in [-0.4, -0.2) is 56.3 Å². The van der Waals surface area contributed by atoms with E-state index in [0.29, 0.717) is 37.6 Å². The number of halogens is 3. The number of carbonyl (C=O) groups excluding carboxylic acids is 1. The van der Waals surface area contributed by atoms with Gasteiger partial charge in [-0.25, -0.2) is 4.98 Å². The van der Waals surface area contributed by atoms with E-state index >= 15 is 0 Å². The Balaban J connectivity index is 1.84. The smallest absolute Gasteiger partial charge is 0.476 e. The Bertz CT molecular complexity index is 1150. The summed E-state index contributed by atoms with van der Waals surface area (Å²) in [6.45, 7) is 8.70. The van der Waals surface area contributed by atoms with E-state index in [2.05, 4.69) is 20.2 Å². The van der Waals surface area contributed by atoms with E-state index in [-0.39, 0.29) is 5.57 Å². The Morgan fingerprint density at radius 1 is 1.28 bits per heavy atom. The minimum Gasteiger partial charge on any atom is -0.476 e. The van der Waals surface area contributed by atoms with Crippen molar-refractivity contribution in [3.63, 3.8) is 0 Å². The molecule has 3 rings (SSSR count). The maximum atomic E-state index is 12.7. The first-order chi connectivity index (χ1) is 17.2. The molecule has 192 valence electrons. The molecular formula is C26H29F3N4O3. The number of hydrogen-bond donors (Lipinski definition) is 1. The number of nitrogens with zero attached hydrogens (tertiary/aromatic N) is 3. The number of rotatable bonds is 8. The molecule has 1 amide bonds. The Kier molecular flexibility index (Phi) is 9.24. The van der Waals surface area contributed by atoms with Gasteiger partial charge in [-0.3, -0.25) is 4.79 Å². The summed E-state index contributed by atoms with van der Waals surface area (Å²) in [6, 6.07) is 7.52. The molecular weight excluding hydrogens is 473 g/mol. The van der Waals surface area contributed by atoms with Gasteiger partial charge in [-0.2, -0.15) is 4.99 Å². The summed E-state index contributed by atoms with van der Waals surface area (Å²) >= 11 is 0. The van der Waals surface area contributed by atoms with Crippen LogP contribution in [0.25, 0.3) is 11.1 Å². The second kappa shape index (κ2) is 12.3. The third kappa shape index (κ3) is 7.42. The van der Waals surface area contributed by atoms with E-state index in [4.69, 9.17) is 9.47 Å². The van der Waals surface area contributed by atoms with Gasteiger partial charge in [0.2, 0.25) is 5.88 Å². The average Bonchev–Trinajstić information content (AvgIpc) is 2.85. The van der Waals surface area contributed by atoms with Crippen molar-refractivity contribution in [1.29, 1.82) is 0 Å². The molecule has 1 fully saturated rings. The number of carbonyl (C=O) groups is 1. The van der Waals surface area contributed by atoms with Crippen molar-refractivity contribution in [3.8, 4) is 17.0 Å². The largest absolute Gasteiger partial charge is 0.503 e. The first-order valence-electron chi connectivity index (χ1n) is 11.5. The summed E-state index contributed by atoms with van der Waals surface area (Å²) in [6.07, 6.45) is 1.53. The van der Waals surface area contributed by atoms with Gasteiger partial charge in [-0.15, -0.1) is 13.2 Å². The molecule has 0 aliphatic carbocycles. The van der Waals surface area contributed by atoms with Crippen LogP contribution in [0.2, 0.25) is 0 Å². The van der Waals surface area contributed by atoms with Crippen molar-refractivity contribution >= 4 is 23.5 Å². The number of nitrogens with one attached hydrogen (secondary N) is 1. The standard InChI is InChI=1S/C26H29F3N4O3/c1-4-19(7-6-10-31-26(27,28)29)24(34)32-21-9-8-18(3)22(16-21)20-15-23(25(30-17-20)36-5-2)33-11-13-35-14-12-33/h4,6-10,15-17H,5,11-14H2,1-3H3,(H,32,34)/b7-6-,19-4+,31-10?. The number of amides is 1. The summed E-state index contributed by atoms with van der Waals surface area (Å²) < 4.78 is 47.7. The molecule has 2 heterocycles. The number of aromatic nitrogens is 1. The Labute approximate surface area is 208 Å². The number of anilines is 2. The maximum absolute atomic E-state index is 12.7. The second-order valence-corrected chi connectivity index (χ2v) is 7.91. The number of hydrogen-bond acceptors (Lipinski definition) is 6. The monoisotopic (exact) mass is 502 g/mol. The van der Waals surface area contributed by atoms with Gasteiger partial charge in [0.1, 0.15) is 5.69 Å². The highest BCUT2D eigenvalue weighted by molar-refractivity contribution is 6.06. The van der Waals surface area contributed by atoms with Crippen LogP contribution >= 0.6 is 0 Å². The molecule has 1 saturated heterocycles. The normalized spacial score (nSPS) is 15.1. The second-order valence-electron chi connectivity index (χ2n) is 7.91. The number of aliphatic imine (C=N–C) groups is 1. The number of alkyl halides is 3. The number of pyridine rings is 1. The molecule has 0 bridgehead atoms. The van der Waals surface area contributed by atoms with Crippen molar-refractivity contribution in [2.24, 2.45) is 4.99 Å². The summed E-state index contributed by atoms with van der Waals surface area (Å²) in [7, 11) is 0. The Morgan fingerprint density at radius 2 is 2.03 bits per heavy atom. The molecule has 0 saturated carbocycles. The molecule has 1 aliphatic heterocycles. The van der Waals surface area contributed by atoms with Crippen molar-refractivity contribution in [3.05, 3.63) is 59.8 Å². The average molecular weight is 503 g/mol. The predicted molar refractivity (Wildman–Crippen MR) is 135 cm³/mol. The lowest BCUT2D eigenvalue weighted by Crippen LogP contribution is -2.36. The first-order valence-corrected chi connectivity index (χ1v) is 11.5. The van der Waals surface area contributed by atoms with E-state index in [1.807, 2.05) is 32.0 Å². The lowest BCUT2D eigenvalue weighted by molar-refractivity contribution is -0.119. The minimum atomic E-state index is -4.65. The van der Waals surface area contributed by atoms with E-state index < -0.39 is 12.2 Å². The van der Waals surface area contributed by atoms with E-state index in [1.165, 1.54) is 12.2 Å². The van der Waals surface area contributed by atoms with Gasteiger partial charge in [0.05, 0.1) is 19.8 Å². The first kappa shape index (κ1) is 26.9. The Morgan fingerprint density at radius 3 is 2.69 bits per heavy atom. The van der Waals surface area contributed by atoms with Crippen LogP contribution in [0.5, 0.6) is 5.88 Å². The maximum Gasteiger partial charge on any atom is 0.503 e. The SMILES string of the molecule is C/C=C(\C=C/C=NC(F)(F)F)C(=O)Nc1ccc(C)c(-c2cnc(OCC)c(N3CCOCC3)c2)c1. The third-order valence-electron chi connectivity index (χ3n) is 5.43. The predicted octanol–water partition coefficient (Wildman–Crippen LogP) is 5.32. The van der Waals surface area contributed by atoms with Gasteiger partial charge < -0.3 is 19.7 Å². The molecule has 0 spiro atoms. The van der Waals surface area contributed by atoms with E-state index in [9.17, 15) is 18.0 Å². The number of ether oxygens (including phenoxy) is 2. The van der Waals surface area contributed by atoms with Gasteiger partial charge in [-0.1, -0.05) is 12.1 Å². The fourth-order valence-electron chi connectivity index (χ4n) is 3.66. The van der Waals surface area contributed by atoms with Crippen LogP contribution < -0.4 is 15.0 Å². The van der Waals surface area contributed by atoms with Crippen LogP contribution in [0.15, 0.2) is 59.3 Å². The van der Waals surface area contributed by atoms with E-state index in [0.717, 1.165) is 41.5 Å². The number of benzene rings is 1. The zero-order valence-electron chi connectivity index (χ0n) is 20.4. The highest BCUT2D eigenvalue weighted by Gasteiger charge is 2.24. The molecule has 36 heavy (non-hydrogen) atoms. The minimum absolute atomic E-state index is 0.197. The fourth-order valence-corrected chi connectivity index (χ4v) is 3.66. The molecule has 2 aromatic rings. The summed E-state index contributed by atoms with van der Waals surface area (Å²) in [5.74, 6) is 0.103. The molecule has 0 atom stereocenters. The lowest BCUT2D eigenvalue weighted by atomic mass is 10.0. The van der Waals surface area contributed by atoms with Crippen molar-refractivity contribution in [2.75, 3.05) is 43.1 Å². The van der Waals surface area contributed by atoms with E-state index in [1.54, 1.807) is 19.2 Å². The van der Waals surface area contributed by atoms with Crippen molar-refractivity contribution < 1.29 is 27.4 Å². The molecule has 0 radical (unpaired) electrons. The number of allylic oxidation sites excluding steroid dienone is 2. The van der Waals surface area contributed by atoms with Gasteiger partial charge in [0.25, 0.3) is 5.91 Å². The third-order valence-corrected chi connectivity index (χ3v) is 5.43. The van der Waals surface area contributed by atoms with Crippen LogP contribution in [0.1, 0.15) is 19.4 Å². The quantitative estimate of drug-likeness (QED) is 0.229. The fraction of sp³-hybridized carbons (Fsp3) is 0.346. The van der Waals surface area contributed by atoms with Crippen LogP contribution in [0, 0.1) is 6.92 Å². The molecule has 1 aliphatic rings. The molecule has 1 aromatic carbocycles. The lowest BCUT2D eigenvalue weighted by Gasteiger charge is -2.30. The van der Waals surface area contributed by atoms with Crippen LogP contribution in [-0.2, 0) is 9.53 Å². The van der Waals surface area contributed by atoms with Crippen LogP contribution in [0.4, 0.5) is 24.5 Å². The molecule has 7 nitrogen and oxygen atoms in total. The summed E-state index contributed by atoms with van der Waals surface area (Å²) in [5, 5.41) is 2.80.